The monoisotopic (exact) mass is 608 g/mol. The lowest BCUT2D eigenvalue weighted by atomic mass is 9.89. The Morgan fingerprint density at radius 3 is 2.62 bits per heavy atom. The summed E-state index contributed by atoms with van der Waals surface area (Å²) in [5.74, 6) is -0.272. The average molecular weight is 609 g/mol. The summed E-state index contributed by atoms with van der Waals surface area (Å²) >= 11 is 3.32. The van der Waals surface area contributed by atoms with Crippen LogP contribution in [-0.4, -0.2) is 58.7 Å². The van der Waals surface area contributed by atoms with Gasteiger partial charge in [0.25, 0.3) is 0 Å². The van der Waals surface area contributed by atoms with Crippen molar-refractivity contribution in [1.82, 2.24) is 0 Å². The second-order valence-corrected chi connectivity index (χ2v) is 10.5. The first kappa shape index (κ1) is 28.6. The summed E-state index contributed by atoms with van der Waals surface area (Å²) in [6.07, 6.45) is -7.28. The highest BCUT2D eigenvalue weighted by Gasteiger charge is 2.53. The van der Waals surface area contributed by atoms with Crippen molar-refractivity contribution in [2.75, 3.05) is 12.4 Å². The van der Waals surface area contributed by atoms with Crippen LogP contribution < -0.4 is 21.4 Å². The average Bonchev–Trinajstić information content (AvgIpc) is 2.86. The maximum absolute atomic E-state index is 12.8. The number of primary amides is 1. The summed E-state index contributed by atoms with van der Waals surface area (Å²) in [7, 11) is 1.38. The van der Waals surface area contributed by atoms with Gasteiger partial charge in [-0.1, -0.05) is 28.1 Å². The van der Waals surface area contributed by atoms with Crippen molar-refractivity contribution >= 4 is 38.7 Å². The molecule has 1 amide bonds. The van der Waals surface area contributed by atoms with Gasteiger partial charge in [-0.15, -0.1) is 0 Å². The number of fused-ring (bicyclic) bond motifs is 1. The van der Waals surface area contributed by atoms with E-state index in [2.05, 4.69) is 21.2 Å². The number of carbonyl (C=O) groups excluding carboxylic acids is 1. The highest BCUT2D eigenvalue weighted by Crippen LogP contribution is 2.39. The number of nitrogens with two attached hydrogens (primary N) is 1. The number of methoxy groups -OCH3 is 1. The molecule has 12 nitrogen and oxygen atoms in total. The van der Waals surface area contributed by atoms with Crippen molar-refractivity contribution in [2.45, 2.75) is 57.2 Å². The number of aliphatic hydroxyl groups is 2. The quantitative estimate of drug-likeness (QED) is 0.196. The van der Waals surface area contributed by atoms with E-state index in [0.29, 0.717) is 11.1 Å². The van der Waals surface area contributed by atoms with Crippen LogP contribution in [0.1, 0.15) is 31.2 Å². The van der Waals surface area contributed by atoms with Gasteiger partial charge >= 0.3 is 11.7 Å². The zero-order valence-electron chi connectivity index (χ0n) is 21.5. The lowest BCUT2D eigenvalue weighted by Crippen LogP contribution is -2.65. The van der Waals surface area contributed by atoms with Crippen LogP contribution in [0.4, 0.5) is 10.5 Å². The molecule has 0 aliphatic carbocycles. The summed E-state index contributed by atoms with van der Waals surface area (Å²) in [5.41, 5.74) is 3.65. The van der Waals surface area contributed by atoms with Crippen molar-refractivity contribution in [3.63, 3.8) is 0 Å². The van der Waals surface area contributed by atoms with Crippen LogP contribution in [0.15, 0.2) is 50.1 Å². The second-order valence-electron chi connectivity index (χ2n) is 9.54. The molecule has 6 N–H and O–H groups in total. The van der Waals surface area contributed by atoms with Gasteiger partial charge in [-0.25, -0.2) is 9.59 Å². The number of aliphatic hydroxyl groups excluding tert-OH is 2. The van der Waals surface area contributed by atoms with Gasteiger partial charge in [-0.05, 0) is 45.0 Å². The van der Waals surface area contributed by atoms with Gasteiger partial charge in [0.05, 0.1) is 11.0 Å². The molecule has 2 aromatic carbocycles. The fraction of sp³-hybridized carbons (Fsp3) is 0.385. The van der Waals surface area contributed by atoms with Crippen molar-refractivity contribution in [3.05, 3.63) is 62.4 Å². The zero-order valence-corrected chi connectivity index (χ0v) is 23.1. The lowest BCUT2D eigenvalue weighted by Gasteiger charge is -2.47. The number of rotatable bonds is 7. The Balaban J connectivity index is 1.65. The molecule has 0 spiro atoms. The summed E-state index contributed by atoms with van der Waals surface area (Å²) in [5, 5.41) is 35.1. The summed E-state index contributed by atoms with van der Waals surface area (Å²) < 4.78 is 28.6. The number of carbonyl (C=O) groups is 1. The molecule has 0 radical (unpaired) electrons. The SMILES string of the molecule is CO[C@@H]1[C@@H](OC(N)=O)[C@@H](O)[C@H](Oc2ccc3c(O)c(NC(O)c4cccc(Br)c4)c(=O)oc3c2C)OC1(C)C. The second kappa shape index (κ2) is 11.0. The first-order chi connectivity index (χ1) is 18.3. The van der Waals surface area contributed by atoms with Crippen LogP contribution in [0.2, 0.25) is 0 Å². The van der Waals surface area contributed by atoms with E-state index >= 15 is 0 Å². The molecule has 3 aromatic rings. The Labute approximate surface area is 231 Å². The minimum atomic E-state index is -1.49. The van der Waals surface area contributed by atoms with Gasteiger partial charge in [-0.2, -0.15) is 0 Å². The molecule has 210 valence electrons. The van der Waals surface area contributed by atoms with E-state index in [1.165, 1.54) is 19.2 Å². The Morgan fingerprint density at radius 1 is 1.26 bits per heavy atom. The lowest BCUT2D eigenvalue weighted by molar-refractivity contribution is -0.304. The van der Waals surface area contributed by atoms with Crippen molar-refractivity contribution < 1.29 is 43.5 Å². The molecule has 13 heteroatoms. The van der Waals surface area contributed by atoms with E-state index in [-0.39, 0.29) is 22.4 Å². The maximum atomic E-state index is 12.8. The van der Waals surface area contributed by atoms with E-state index in [0.717, 1.165) is 4.47 Å². The molecule has 2 heterocycles. The Kier molecular flexibility index (Phi) is 8.09. The first-order valence-corrected chi connectivity index (χ1v) is 12.6. The molecule has 1 fully saturated rings. The van der Waals surface area contributed by atoms with E-state index in [1.807, 2.05) is 0 Å². The van der Waals surface area contributed by atoms with Crippen LogP contribution >= 0.6 is 15.9 Å². The molecule has 4 rings (SSSR count). The number of halogens is 1. The maximum Gasteiger partial charge on any atom is 0.404 e. The van der Waals surface area contributed by atoms with Crippen molar-refractivity contribution in [1.29, 1.82) is 0 Å². The number of hydrogen-bond donors (Lipinski definition) is 5. The van der Waals surface area contributed by atoms with Gasteiger partial charge in [0.1, 0.15) is 17.4 Å². The molecule has 0 saturated carbocycles. The molecule has 1 unspecified atom stereocenters. The molecular weight excluding hydrogens is 580 g/mol. The molecule has 1 aliphatic heterocycles. The third kappa shape index (κ3) is 5.68. The predicted molar refractivity (Wildman–Crippen MR) is 142 cm³/mol. The van der Waals surface area contributed by atoms with Crippen LogP contribution in [0.5, 0.6) is 11.5 Å². The number of anilines is 1. The predicted octanol–water partition coefficient (Wildman–Crippen LogP) is 3.03. The van der Waals surface area contributed by atoms with Gasteiger partial charge < -0.3 is 49.7 Å². The first-order valence-electron chi connectivity index (χ1n) is 11.8. The Hall–Kier alpha value is -3.36. The molecular formula is C26H29BrN2O10. The Morgan fingerprint density at radius 2 is 1.97 bits per heavy atom. The fourth-order valence-corrected chi connectivity index (χ4v) is 5.00. The number of hydrogen-bond acceptors (Lipinski definition) is 11. The molecule has 1 saturated heterocycles. The van der Waals surface area contributed by atoms with E-state index in [9.17, 15) is 24.9 Å². The van der Waals surface area contributed by atoms with Crippen LogP contribution in [0.3, 0.4) is 0 Å². The summed E-state index contributed by atoms with van der Waals surface area (Å²) in [4.78, 5) is 24.3. The van der Waals surface area contributed by atoms with Crippen molar-refractivity contribution in [3.8, 4) is 11.5 Å². The third-order valence-electron chi connectivity index (χ3n) is 6.46. The summed E-state index contributed by atoms with van der Waals surface area (Å²) in [6.45, 7) is 4.92. The fourth-order valence-electron chi connectivity index (χ4n) is 4.59. The number of aryl methyl sites for hydroxylation is 1. The van der Waals surface area contributed by atoms with Crippen LogP contribution in [-0.2, 0) is 14.2 Å². The zero-order chi connectivity index (χ0) is 28.6. The normalized spacial score (nSPS) is 23.3. The molecule has 1 aromatic heterocycles. The minimum absolute atomic E-state index is 0.0155. The Bertz CT molecular complexity index is 1440. The molecule has 5 atom stereocenters. The number of ether oxygens (including phenoxy) is 4. The van der Waals surface area contributed by atoms with Crippen LogP contribution in [0.25, 0.3) is 11.0 Å². The number of amides is 1. The van der Waals surface area contributed by atoms with Gasteiger partial charge in [0, 0.05) is 22.7 Å². The van der Waals surface area contributed by atoms with E-state index in [4.69, 9.17) is 29.1 Å². The molecule has 1 aliphatic rings. The largest absolute Gasteiger partial charge is 0.505 e. The topological polar surface area (TPSA) is 183 Å². The number of aromatic hydroxyl groups is 1. The van der Waals surface area contributed by atoms with Gasteiger partial charge in [-0.3, -0.25) is 0 Å². The summed E-state index contributed by atoms with van der Waals surface area (Å²) in [6, 6.07) is 9.72. The molecule has 0 bridgehead atoms. The van der Waals surface area contributed by atoms with Crippen molar-refractivity contribution in [2.24, 2.45) is 5.73 Å². The highest BCUT2D eigenvalue weighted by molar-refractivity contribution is 9.10. The number of benzene rings is 2. The van der Waals surface area contributed by atoms with Crippen LogP contribution in [0, 0.1) is 6.92 Å². The number of nitrogens with one attached hydrogen (secondary N) is 1. The van der Waals surface area contributed by atoms with E-state index in [1.54, 1.807) is 45.0 Å². The standard InChI is InChI=1S/C26H29BrN2O10/c1-11-15(36-24-18(31)20(38-25(28)34)21(35-4)26(2,3)39-24)9-8-14-17(30)16(23(33)37-19(11)14)29-22(32)12-6-5-7-13(27)10-12/h5-10,18,20-22,24,29-32H,1-4H3,(H2,28,34)/t18-,20+,21-,22?,24-/m1/s1. The smallest absolute Gasteiger partial charge is 0.404 e. The molecule has 39 heavy (non-hydrogen) atoms. The highest BCUT2D eigenvalue weighted by atomic mass is 79.9. The van der Waals surface area contributed by atoms with Gasteiger partial charge in [0.2, 0.25) is 6.29 Å². The third-order valence-corrected chi connectivity index (χ3v) is 6.95. The van der Waals surface area contributed by atoms with Gasteiger partial charge in [0.15, 0.2) is 29.9 Å². The minimum Gasteiger partial charge on any atom is -0.505 e. The van der Waals surface area contributed by atoms with E-state index < -0.39 is 53.9 Å².